The van der Waals surface area contributed by atoms with Gasteiger partial charge in [0.25, 0.3) is 0 Å². The fourth-order valence-electron chi connectivity index (χ4n) is 2.67. The molecule has 0 aromatic heterocycles. The zero-order valence-electron chi connectivity index (χ0n) is 11.8. The van der Waals surface area contributed by atoms with Crippen molar-refractivity contribution >= 4 is 5.71 Å². The summed E-state index contributed by atoms with van der Waals surface area (Å²) < 4.78 is 0. The van der Waals surface area contributed by atoms with Gasteiger partial charge in [0.15, 0.2) is 0 Å². The molecule has 2 rings (SSSR count). The molecule has 0 radical (unpaired) electrons. The minimum Gasteiger partial charge on any atom is -0.399 e. The molecule has 1 atom stereocenters. The summed E-state index contributed by atoms with van der Waals surface area (Å²) in [6.07, 6.45) is 0. The molecule has 2 N–H and O–H groups in total. The van der Waals surface area contributed by atoms with Crippen molar-refractivity contribution in [2.75, 3.05) is 0 Å². The zero-order valence-corrected chi connectivity index (χ0v) is 11.8. The van der Waals surface area contributed by atoms with Gasteiger partial charge in [0.2, 0.25) is 5.41 Å². The topological polar surface area (TPSA) is 110 Å². The first-order valence-corrected chi connectivity index (χ1v) is 6.32. The molecule has 0 fully saturated rings. The van der Waals surface area contributed by atoms with Crippen LogP contribution in [-0.4, -0.2) is 5.71 Å². The van der Waals surface area contributed by atoms with Gasteiger partial charge < -0.3 is 5.73 Å². The summed E-state index contributed by atoms with van der Waals surface area (Å²) in [7, 11) is 0. The molecule has 1 aromatic rings. The van der Waals surface area contributed by atoms with Crippen molar-refractivity contribution in [1.29, 1.82) is 15.8 Å². The summed E-state index contributed by atoms with van der Waals surface area (Å²) in [5.74, 6) is 0. The average Bonchev–Trinajstić information content (AvgIpc) is 2.49. The second-order valence-corrected chi connectivity index (χ2v) is 5.01. The summed E-state index contributed by atoms with van der Waals surface area (Å²) in [4.78, 5) is 4.49. The SMILES string of the molecule is CC1=N[C@@](C)(c2ccccc2)C(C#N)(C#N)C(N)=C1C#N. The Hall–Kier alpha value is -3.10. The van der Waals surface area contributed by atoms with Crippen LogP contribution in [0.25, 0.3) is 0 Å². The Morgan fingerprint density at radius 3 is 2.14 bits per heavy atom. The first kappa shape index (κ1) is 14.3. The Morgan fingerprint density at radius 2 is 1.67 bits per heavy atom. The first-order chi connectivity index (χ1) is 9.96. The molecule has 0 bridgehead atoms. The number of allylic oxidation sites excluding steroid dienone is 1. The molecule has 0 spiro atoms. The van der Waals surface area contributed by atoms with Gasteiger partial charge in [-0.2, -0.15) is 15.8 Å². The van der Waals surface area contributed by atoms with E-state index >= 15 is 0 Å². The summed E-state index contributed by atoms with van der Waals surface area (Å²) in [5.41, 5.74) is 4.36. The second kappa shape index (κ2) is 4.78. The maximum atomic E-state index is 9.64. The number of hydrogen-bond acceptors (Lipinski definition) is 5. The van der Waals surface area contributed by atoms with E-state index in [-0.39, 0.29) is 11.3 Å². The highest BCUT2D eigenvalue weighted by Gasteiger charge is 2.56. The first-order valence-electron chi connectivity index (χ1n) is 6.32. The molecule has 5 nitrogen and oxygen atoms in total. The molecule has 1 heterocycles. The standard InChI is InChI=1S/C16H13N5/c1-11-13(8-17)14(20)16(9-18,10-19)15(2,21-11)12-6-4-3-5-7-12/h3-7H,20H2,1-2H3/t15-/m0/s1. The van der Waals surface area contributed by atoms with E-state index in [1.807, 2.05) is 36.4 Å². The molecular formula is C16H13N5. The lowest BCUT2D eigenvalue weighted by atomic mass is 9.64. The van der Waals surface area contributed by atoms with Crippen molar-refractivity contribution in [3.63, 3.8) is 0 Å². The minimum absolute atomic E-state index is 0.0335. The molecule has 102 valence electrons. The number of dihydropyridines is 1. The molecule has 0 saturated carbocycles. The van der Waals surface area contributed by atoms with E-state index in [4.69, 9.17) is 5.73 Å². The smallest absolute Gasteiger partial charge is 0.212 e. The largest absolute Gasteiger partial charge is 0.399 e. The van der Waals surface area contributed by atoms with E-state index in [9.17, 15) is 15.8 Å². The second-order valence-electron chi connectivity index (χ2n) is 5.01. The summed E-state index contributed by atoms with van der Waals surface area (Å²) >= 11 is 0. The van der Waals surface area contributed by atoms with E-state index in [0.717, 1.165) is 0 Å². The van der Waals surface area contributed by atoms with Crippen molar-refractivity contribution in [3.8, 4) is 18.2 Å². The van der Waals surface area contributed by atoms with Crippen molar-refractivity contribution in [1.82, 2.24) is 0 Å². The third kappa shape index (κ3) is 1.71. The zero-order chi connectivity index (χ0) is 15.7. The number of nitrogens with zero attached hydrogens (tertiary/aromatic N) is 4. The molecule has 1 aliphatic rings. The monoisotopic (exact) mass is 275 g/mol. The third-order valence-corrected chi connectivity index (χ3v) is 3.94. The van der Waals surface area contributed by atoms with Gasteiger partial charge in [-0.3, -0.25) is 4.99 Å². The Kier molecular flexibility index (Phi) is 3.26. The number of nitrogens with two attached hydrogens (primary N) is 1. The van der Waals surface area contributed by atoms with Gasteiger partial charge in [0, 0.05) is 0 Å². The lowest BCUT2D eigenvalue weighted by molar-refractivity contribution is 0.324. The Bertz CT molecular complexity index is 754. The Morgan fingerprint density at radius 1 is 1.10 bits per heavy atom. The molecule has 5 heteroatoms. The number of nitriles is 3. The van der Waals surface area contributed by atoms with Crippen LogP contribution in [-0.2, 0) is 5.54 Å². The highest BCUT2D eigenvalue weighted by Crippen LogP contribution is 2.49. The molecular weight excluding hydrogens is 262 g/mol. The predicted octanol–water partition coefficient (Wildman–Crippen LogP) is 2.15. The highest BCUT2D eigenvalue weighted by molar-refractivity contribution is 6.04. The number of hydrogen-bond donors (Lipinski definition) is 1. The van der Waals surface area contributed by atoms with Crippen LogP contribution in [0, 0.1) is 39.4 Å². The summed E-state index contributed by atoms with van der Waals surface area (Å²) in [5, 5.41) is 28.5. The maximum absolute atomic E-state index is 9.64. The molecule has 1 aliphatic heterocycles. The minimum atomic E-state index is -1.71. The van der Waals surface area contributed by atoms with Crippen LogP contribution >= 0.6 is 0 Å². The van der Waals surface area contributed by atoms with Crippen LogP contribution in [0.4, 0.5) is 0 Å². The van der Waals surface area contributed by atoms with Crippen molar-refractivity contribution in [2.24, 2.45) is 16.1 Å². The Balaban J connectivity index is 2.86. The molecule has 0 amide bonds. The lowest BCUT2D eigenvalue weighted by Gasteiger charge is -2.40. The van der Waals surface area contributed by atoms with Crippen molar-refractivity contribution in [2.45, 2.75) is 19.4 Å². The van der Waals surface area contributed by atoms with Crippen molar-refractivity contribution < 1.29 is 0 Å². The van der Waals surface area contributed by atoms with E-state index in [2.05, 4.69) is 4.99 Å². The van der Waals surface area contributed by atoms with E-state index in [0.29, 0.717) is 11.3 Å². The third-order valence-electron chi connectivity index (χ3n) is 3.94. The van der Waals surface area contributed by atoms with Gasteiger partial charge in [-0.25, -0.2) is 0 Å². The van der Waals surface area contributed by atoms with E-state index in [1.54, 1.807) is 26.0 Å². The summed E-state index contributed by atoms with van der Waals surface area (Å²) in [6.45, 7) is 3.35. The van der Waals surface area contributed by atoms with Gasteiger partial charge in [-0.15, -0.1) is 0 Å². The van der Waals surface area contributed by atoms with Crippen LogP contribution in [0.3, 0.4) is 0 Å². The van der Waals surface area contributed by atoms with Gasteiger partial charge in [-0.05, 0) is 19.4 Å². The van der Waals surface area contributed by atoms with E-state index in [1.165, 1.54) is 0 Å². The van der Waals surface area contributed by atoms with Crippen LogP contribution in [0.1, 0.15) is 19.4 Å². The van der Waals surface area contributed by atoms with Crippen LogP contribution in [0.2, 0.25) is 0 Å². The number of benzene rings is 1. The van der Waals surface area contributed by atoms with E-state index < -0.39 is 11.0 Å². The number of aliphatic imine (C=N–C) groups is 1. The molecule has 0 saturated heterocycles. The van der Waals surface area contributed by atoms with Crippen LogP contribution < -0.4 is 5.73 Å². The molecule has 0 unspecified atom stereocenters. The summed E-state index contributed by atoms with van der Waals surface area (Å²) in [6, 6.07) is 15.0. The quantitative estimate of drug-likeness (QED) is 0.846. The normalized spacial score (nSPS) is 23.5. The lowest BCUT2D eigenvalue weighted by Crippen LogP contribution is -2.48. The molecule has 1 aromatic carbocycles. The fourth-order valence-corrected chi connectivity index (χ4v) is 2.67. The van der Waals surface area contributed by atoms with Gasteiger partial charge in [0.1, 0.15) is 11.6 Å². The van der Waals surface area contributed by atoms with Crippen LogP contribution in [0.5, 0.6) is 0 Å². The average molecular weight is 275 g/mol. The van der Waals surface area contributed by atoms with Gasteiger partial charge in [0.05, 0.1) is 29.1 Å². The van der Waals surface area contributed by atoms with Crippen LogP contribution in [0.15, 0.2) is 46.6 Å². The predicted molar refractivity (Wildman–Crippen MR) is 77.4 cm³/mol. The Labute approximate surface area is 123 Å². The number of rotatable bonds is 1. The molecule has 21 heavy (non-hydrogen) atoms. The maximum Gasteiger partial charge on any atom is 0.212 e. The van der Waals surface area contributed by atoms with Gasteiger partial charge in [-0.1, -0.05) is 30.3 Å². The fraction of sp³-hybridized carbons (Fsp3) is 0.250. The molecule has 0 aliphatic carbocycles. The highest BCUT2D eigenvalue weighted by atomic mass is 15.0. The van der Waals surface area contributed by atoms with Gasteiger partial charge >= 0.3 is 0 Å². The van der Waals surface area contributed by atoms with Crippen molar-refractivity contribution in [3.05, 3.63) is 47.2 Å².